The second-order valence-corrected chi connectivity index (χ2v) is 7.50. The summed E-state index contributed by atoms with van der Waals surface area (Å²) in [6, 6.07) is 2.67. The highest BCUT2D eigenvalue weighted by molar-refractivity contribution is 9.10. The minimum absolute atomic E-state index is 0.0417. The number of halogens is 2. The number of nitrogens with one attached hydrogen (secondary N) is 2. The molecule has 2 aromatic rings. The summed E-state index contributed by atoms with van der Waals surface area (Å²) in [4.78, 5) is 28.9. The average Bonchev–Trinajstić information content (AvgIpc) is 2.56. The quantitative estimate of drug-likeness (QED) is 0.544. The van der Waals surface area contributed by atoms with Crippen molar-refractivity contribution < 1.29 is 13.9 Å². The summed E-state index contributed by atoms with van der Waals surface area (Å²) in [5.41, 5.74) is 0.158. The molecule has 1 aromatic carbocycles. The van der Waals surface area contributed by atoms with E-state index in [2.05, 4.69) is 31.2 Å². The van der Waals surface area contributed by atoms with Gasteiger partial charge in [0.25, 0.3) is 5.56 Å². The highest BCUT2D eigenvalue weighted by Crippen LogP contribution is 2.20. The molecule has 8 heteroatoms. The molecule has 0 aliphatic carbocycles. The zero-order valence-corrected chi connectivity index (χ0v) is 17.1. The van der Waals surface area contributed by atoms with Crippen molar-refractivity contribution in [2.75, 3.05) is 13.7 Å². The molecular formula is C18H25BrFN3O3. The number of aromatic amines is 1. The lowest BCUT2D eigenvalue weighted by Crippen LogP contribution is -2.15. The molecule has 0 saturated carbocycles. The fourth-order valence-corrected chi connectivity index (χ4v) is 2.21. The topological polar surface area (TPSA) is 84.1 Å². The molecular weight excluding hydrogens is 405 g/mol. The van der Waals surface area contributed by atoms with E-state index in [1.165, 1.54) is 12.1 Å². The van der Waals surface area contributed by atoms with Gasteiger partial charge in [0.15, 0.2) is 0 Å². The standard InChI is InChI=1S/C13H13BrFN3O2.C5H12O/c14-9-6-11-8(5-10(9)15)13(20)18-12(17-11)3-1-2-4-16-7-19;1-5(2,3)6-4/h5-7H,1-4H2,(H,16,19)(H,17,18,20);1-4H3. The Bertz CT molecular complexity index is 788. The Balaban J connectivity index is 0.000000487. The van der Waals surface area contributed by atoms with Crippen LogP contribution in [0.3, 0.4) is 0 Å². The molecule has 0 spiro atoms. The van der Waals surface area contributed by atoms with Crippen LogP contribution in [0.4, 0.5) is 4.39 Å². The van der Waals surface area contributed by atoms with Gasteiger partial charge in [-0.1, -0.05) is 0 Å². The lowest BCUT2D eigenvalue weighted by Gasteiger charge is -2.14. The maximum absolute atomic E-state index is 13.4. The van der Waals surface area contributed by atoms with E-state index >= 15 is 0 Å². The molecule has 6 nitrogen and oxygen atoms in total. The van der Waals surface area contributed by atoms with Crippen LogP contribution in [0.1, 0.15) is 39.4 Å². The molecule has 26 heavy (non-hydrogen) atoms. The summed E-state index contributed by atoms with van der Waals surface area (Å²) in [6.45, 7) is 6.66. The summed E-state index contributed by atoms with van der Waals surface area (Å²) in [5, 5.41) is 2.80. The minimum atomic E-state index is -0.488. The van der Waals surface area contributed by atoms with Crippen LogP contribution in [0, 0.1) is 5.82 Å². The van der Waals surface area contributed by atoms with Gasteiger partial charge in [0.05, 0.1) is 21.0 Å². The zero-order chi connectivity index (χ0) is 19.7. The Labute approximate surface area is 160 Å². The average molecular weight is 430 g/mol. The van der Waals surface area contributed by atoms with Gasteiger partial charge < -0.3 is 15.0 Å². The molecule has 2 N–H and O–H groups in total. The van der Waals surface area contributed by atoms with Gasteiger partial charge in [0, 0.05) is 20.1 Å². The highest BCUT2D eigenvalue weighted by atomic mass is 79.9. The van der Waals surface area contributed by atoms with Gasteiger partial charge in [-0.05, 0) is 61.7 Å². The largest absolute Gasteiger partial charge is 0.379 e. The second kappa shape index (κ2) is 10.4. The van der Waals surface area contributed by atoms with Gasteiger partial charge in [0.1, 0.15) is 11.6 Å². The van der Waals surface area contributed by atoms with Crippen LogP contribution in [-0.2, 0) is 16.0 Å². The Morgan fingerprint density at radius 1 is 1.35 bits per heavy atom. The van der Waals surface area contributed by atoms with Crippen LogP contribution in [0.15, 0.2) is 21.4 Å². The first-order valence-electron chi connectivity index (χ1n) is 8.28. The smallest absolute Gasteiger partial charge is 0.258 e. The Morgan fingerprint density at radius 2 is 2.00 bits per heavy atom. The lowest BCUT2D eigenvalue weighted by atomic mass is 10.2. The van der Waals surface area contributed by atoms with Crippen molar-refractivity contribution in [2.45, 2.75) is 45.6 Å². The van der Waals surface area contributed by atoms with Crippen molar-refractivity contribution in [1.29, 1.82) is 0 Å². The van der Waals surface area contributed by atoms with Crippen LogP contribution in [0.5, 0.6) is 0 Å². The van der Waals surface area contributed by atoms with Gasteiger partial charge >= 0.3 is 0 Å². The van der Waals surface area contributed by atoms with Gasteiger partial charge in [-0.15, -0.1) is 0 Å². The number of fused-ring (bicyclic) bond motifs is 1. The molecule has 0 saturated heterocycles. The number of unbranched alkanes of at least 4 members (excludes halogenated alkanes) is 1. The molecule has 0 radical (unpaired) electrons. The van der Waals surface area contributed by atoms with Crippen molar-refractivity contribution in [3.05, 3.63) is 38.6 Å². The van der Waals surface area contributed by atoms with Crippen LogP contribution in [0.25, 0.3) is 10.9 Å². The number of aryl methyl sites for hydroxylation is 1. The number of hydrogen-bond donors (Lipinski definition) is 2. The van der Waals surface area contributed by atoms with E-state index in [1.807, 2.05) is 20.8 Å². The maximum Gasteiger partial charge on any atom is 0.258 e. The van der Waals surface area contributed by atoms with Gasteiger partial charge in [-0.25, -0.2) is 9.37 Å². The number of benzene rings is 1. The second-order valence-electron chi connectivity index (χ2n) is 6.64. The lowest BCUT2D eigenvalue weighted by molar-refractivity contribution is -0.109. The molecule has 1 amide bonds. The molecule has 0 atom stereocenters. The number of H-pyrrole nitrogens is 1. The number of carbonyl (C=O) groups excluding carboxylic acids is 1. The molecule has 0 aliphatic rings. The number of methoxy groups -OCH3 is 1. The SMILES string of the molecule is COC(C)(C)C.O=CNCCCCc1nc2cc(Br)c(F)cc2c(=O)[nH]1. The van der Waals surface area contributed by atoms with Crippen molar-refractivity contribution >= 4 is 33.2 Å². The van der Waals surface area contributed by atoms with E-state index in [9.17, 15) is 14.0 Å². The van der Waals surface area contributed by atoms with Crippen molar-refractivity contribution in [3.8, 4) is 0 Å². The first kappa shape index (κ1) is 22.2. The summed E-state index contributed by atoms with van der Waals surface area (Å²) < 4.78 is 18.6. The Kier molecular flexibility index (Phi) is 8.87. The number of aromatic nitrogens is 2. The molecule has 0 unspecified atom stereocenters. The fraction of sp³-hybridized carbons (Fsp3) is 0.500. The fourth-order valence-electron chi connectivity index (χ4n) is 1.88. The Hall–Kier alpha value is -1.80. The van der Waals surface area contributed by atoms with Crippen LogP contribution < -0.4 is 10.9 Å². The van der Waals surface area contributed by atoms with E-state index in [-0.39, 0.29) is 21.0 Å². The number of nitrogens with zero attached hydrogens (tertiary/aromatic N) is 1. The van der Waals surface area contributed by atoms with Crippen molar-refractivity contribution in [1.82, 2.24) is 15.3 Å². The molecule has 144 valence electrons. The number of hydrogen-bond acceptors (Lipinski definition) is 4. The number of amides is 1. The first-order chi connectivity index (χ1) is 12.2. The monoisotopic (exact) mass is 429 g/mol. The molecule has 0 aliphatic heterocycles. The zero-order valence-electron chi connectivity index (χ0n) is 15.5. The predicted molar refractivity (Wildman–Crippen MR) is 104 cm³/mol. The summed E-state index contributed by atoms with van der Waals surface area (Å²) in [7, 11) is 1.71. The number of carbonyl (C=O) groups is 1. The maximum atomic E-state index is 13.4. The van der Waals surface area contributed by atoms with Gasteiger partial charge in [-0.3, -0.25) is 9.59 Å². The van der Waals surface area contributed by atoms with E-state index in [4.69, 9.17) is 4.74 Å². The van der Waals surface area contributed by atoms with E-state index < -0.39 is 5.82 Å². The third-order valence-electron chi connectivity index (χ3n) is 3.48. The van der Waals surface area contributed by atoms with Crippen molar-refractivity contribution in [3.63, 3.8) is 0 Å². The minimum Gasteiger partial charge on any atom is -0.379 e. The third-order valence-corrected chi connectivity index (χ3v) is 4.08. The molecule has 2 rings (SSSR count). The number of ether oxygens (including phenoxy) is 1. The van der Waals surface area contributed by atoms with E-state index in [0.29, 0.717) is 30.7 Å². The predicted octanol–water partition coefficient (Wildman–Crippen LogP) is 3.32. The molecule has 1 aromatic heterocycles. The van der Waals surface area contributed by atoms with Gasteiger partial charge in [-0.2, -0.15) is 0 Å². The summed E-state index contributed by atoms with van der Waals surface area (Å²) in [6.07, 6.45) is 2.84. The molecule has 0 fully saturated rings. The van der Waals surface area contributed by atoms with Crippen molar-refractivity contribution in [2.24, 2.45) is 0 Å². The molecule has 0 bridgehead atoms. The van der Waals surface area contributed by atoms with Crippen LogP contribution in [-0.4, -0.2) is 35.6 Å². The number of rotatable bonds is 6. The normalized spacial score (nSPS) is 11.0. The summed E-state index contributed by atoms with van der Waals surface area (Å²) >= 11 is 3.08. The van der Waals surface area contributed by atoms with E-state index in [1.54, 1.807) is 7.11 Å². The van der Waals surface area contributed by atoms with Crippen LogP contribution >= 0.6 is 15.9 Å². The highest BCUT2D eigenvalue weighted by Gasteiger charge is 2.08. The summed E-state index contributed by atoms with van der Waals surface area (Å²) in [5.74, 6) is 0.0737. The molecule has 1 heterocycles. The van der Waals surface area contributed by atoms with E-state index in [0.717, 1.165) is 12.8 Å². The van der Waals surface area contributed by atoms with Gasteiger partial charge in [0.2, 0.25) is 6.41 Å². The first-order valence-corrected chi connectivity index (χ1v) is 9.07. The van der Waals surface area contributed by atoms with Crippen LogP contribution in [0.2, 0.25) is 0 Å². The Morgan fingerprint density at radius 3 is 2.58 bits per heavy atom. The third kappa shape index (κ3) is 7.61.